The molecular formula is C17H26N2O2. The predicted octanol–water partition coefficient (Wildman–Crippen LogP) is 2.44. The maximum absolute atomic E-state index is 12.4. The number of carbonyl (C=O) groups is 1. The van der Waals surface area contributed by atoms with Gasteiger partial charge < -0.3 is 15.4 Å². The van der Waals surface area contributed by atoms with Crippen molar-refractivity contribution in [3.05, 3.63) is 29.8 Å². The lowest BCUT2D eigenvalue weighted by atomic mass is 9.87. The second-order valence-electron chi connectivity index (χ2n) is 5.97. The summed E-state index contributed by atoms with van der Waals surface area (Å²) in [6, 6.07) is 8.09. The minimum atomic E-state index is -0.203. The van der Waals surface area contributed by atoms with Crippen LogP contribution in [0.2, 0.25) is 0 Å². The molecule has 1 aromatic rings. The van der Waals surface area contributed by atoms with Crippen molar-refractivity contribution in [3.63, 3.8) is 0 Å². The molecule has 0 radical (unpaired) electrons. The molecule has 0 saturated heterocycles. The topological polar surface area (TPSA) is 50.4 Å². The van der Waals surface area contributed by atoms with E-state index in [0.29, 0.717) is 6.54 Å². The number of benzene rings is 1. The first-order chi connectivity index (χ1) is 10.1. The van der Waals surface area contributed by atoms with Gasteiger partial charge in [0.05, 0.1) is 12.6 Å². The number of rotatable bonds is 6. The van der Waals surface area contributed by atoms with Crippen molar-refractivity contribution < 1.29 is 9.53 Å². The number of nitrogens with one attached hydrogen (secondary N) is 2. The van der Waals surface area contributed by atoms with Gasteiger partial charge in [0.15, 0.2) is 0 Å². The van der Waals surface area contributed by atoms with Crippen molar-refractivity contribution in [2.45, 2.75) is 38.1 Å². The molecule has 1 aliphatic rings. The first-order valence-corrected chi connectivity index (χ1v) is 7.72. The third-order valence-electron chi connectivity index (χ3n) is 4.42. The molecule has 4 nitrogen and oxygen atoms in total. The highest BCUT2D eigenvalue weighted by molar-refractivity contribution is 5.79. The van der Waals surface area contributed by atoms with Crippen molar-refractivity contribution in [3.8, 4) is 5.75 Å². The van der Waals surface area contributed by atoms with E-state index < -0.39 is 0 Å². The quantitative estimate of drug-likeness (QED) is 0.846. The van der Waals surface area contributed by atoms with Crippen LogP contribution in [0.25, 0.3) is 0 Å². The van der Waals surface area contributed by atoms with E-state index in [2.05, 4.69) is 22.8 Å². The first kappa shape index (κ1) is 15.8. The van der Waals surface area contributed by atoms with E-state index in [9.17, 15) is 4.79 Å². The smallest absolute Gasteiger partial charge is 0.224 e. The lowest BCUT2D eigenvalue weighted by Crippen LogP contribution is -2.47. The Balaban J connectivity index is 2.17. The van der Waals surface area contributed by atoms with Crippen molar-refractivity contribution >= 4 is 5.91 Å². The van der Waals surface area contributed by atoms with Gasteiger partial charge in [-0.25, -0.2) is 0 Å². The molecule has 1 saturated carbocycles. The van der Waals surface area contributed by atoms with Gasteiger partial charge in [0.1, 0.15) is 5.75 Å². The summed E-state index contributed by atoms with van der Waals surface area (Å²) in [5.74, 6) is 0.953. The SMILES string of the molecule is CNCC(C)C(=O)NC1(c2ccc(OC)cc2)CCCC1. The molecule has 2 N–H and O–H groups in total. The van der Waals surface area contributed by atoms with Gasteiger partial charge in [-0.3, -0.25) is 4.79 Å². The molecule has 1 amide bonds. The van der Waals surface area contributed by atoms with Crippen LogP contribution >= 0.6 is 0 Å². The maximum atomic E-state index is 12.4. The van der Waals surface area contributed by atoms with E-state index >= 15 is 0 Å². The zero-order valence-corrected chi connectivity index (χ0v) is 13.2. The highest BCUT2D eigenvalue weighted by Crippen LogP contribution is 2.39. The van der Waals surface area contributed by atoms with Gasteiger partial charge >= 0.3 is 0 Å². The molecule has 1 aromatic carbocycles. The summed E-state index contributed by atoms with van der Waals surface area (Å²) in [5, 5.41) is 6.37. The van der Waals surface area contributed by atoms with Gasteiger partial charge in [-0.15, -0.1) is 0 Å². The molecule has 0 spiro atoms. The Bertz CT molecular complexity index is 464. The molecule has 2 rings (SSSR count). The minimum absolute atomic E-state index is 0.0225. The lowest BCUT2D eigenvalue weighted by molar-refractivity contribution is -0.126. The molecule has 1 atom stereocenters. The van der Waals surface area contributed by atoms with Crippen LogP contribution in [0.15, 0.2) is 24.3 Å². The number of hydrogen-bond donors (Lipinski definition) is 2. The average Bonchev–Trinajstić information content (AvgIpc) is 2.97. The number of hydrogen-bond acceptors (Lipinski definition) is 3. The summed E-state index contributed by atoms with van der Waals surface area (Å²) < 4.78 is 5.22. The van der Waals surface area contributed by atoms with Crippen LogP contribution < -0.4 is 15.4 Å². The molecule has 0 aliphatic heterocycles. The summed E-state index contributed by atoms with van der Waals surface area (Å²) in [7, 11) is 3.54. The zero-order valence-electron chi connectivity index (χ0n) is 13.2. The normalized spacial score (nSPS) is 18.2. The van der Waals surface area contributed by atoms with Gasteiger partial charge in [0.2, 0.25) is 5.91 Å². The van der Waals surface area contributed by atoms with Crippen LogP contribution in [0.5, 0.6) is 5.75 Å². The Hall–Kier alpha value is -1.55. The van der Waals surface area contributed by atoms with E-state index in [4.69, 9.17) is 4.74 Å². The first-order valence-electron chi connectivity index (χ1n) is 7.72. The summed E-state index contributed by atoms with van der Waals surface area (Å²) in [5.41, 5.74) is 0.983. The highest BCUT2D eigenvalue weighted by atomic mass is 16.5. The second-order valence-corrected chi connectivity index (χ2v) is 5.97. The van der Waals surface area contributed by atoms with Crippen molar-refractivity contribution in [1.29, 1.82) is 0 Å². The van der Waals surface area contributed by atoms with Gasteiger partial charge in [0.25, 0.3) is 0 Å². The third-order valence-corrected chi connectivity index (χ3v) is 4.42. The standard InChI is InChI=1S/C17H26N2O2/c1-13(12-18-2)16(20)19-17(10-4-5-11-17)14-6-8-15(21-3)9-7-14/h6-9,13,18H,4-5,10-12H2,1-3H3,(H,19,20). The van der Waals surface area contributed by atoms with Crippen molar-refractivity contribution in [2.24, 2.45) is 5.92 Å². The van der Waals surface area contributed by atoms with Crippen LogP contribution in [0.1, 0.15) is 38.2 Å². The molecule has 1 unspecified atom stereocenters. The van der Waals surface area contributed by atoms with E-state index in [1.54, 1.807) is 7.11 Å². The van der Waals surface area contributed by atoms with Crippen LogP contribution in [-0.4, -0.2) is 26.6 Å². The largest absolute Gasteiger partial charge is 0.497 e. The Morgan fingerprint density at radius 3 is 2.43 bits per heavy atom. The zero-order chi connectivity index (χ0) is 15.3. The molecular weight excluding hydrogens is 264 g/mol. The minimum Gasteiger partial charge on any atom is -0.497 e. The number of carbonyl (C=O) groups excluding carboxylic acids is 1. The third kappa shape index (κ3) is 3.56. The van der Waals surface area contributed by atoms with Crippen molar-refractivity contribution in [2.75, 3.05) is 20.7 Å². The van der Waals surface area contributed by atoms with Gasteiger partial charge in [-0.2, -0.15) is 0 Å². The number of amides is 1. The predicted molar refractivity (Wildman–Crippen MR) is 84.4 cm³/mol. The Morgan fingerprint density at radius 2 is 1.90 bits per heavy atom. The summed E-state index contributed by atoms with van der Waals surface area (Å²) in [4.78, 5) is 12.4. The van der Waals surface area contributed by atoms with Gasteiger partial charge in [-0.05, 0) is 37.6 Å². The monoisotopic (exact) mass is 290 g/mol. The summed E-state index contributed by atoms with van der Waals surface area (Å²) >= 11 is 0. The molecule has 0 bridgehead atoms. The van der Waals surface area contributed by atoms with E-state index in [-0.39, 0.29) is 17.4 Å². The van der Waals surface area contributed by atoms with Crippen molar-refractivity contribution in [1.82, 2.24) is 10.6 Å². The molecule has 116 valence electrons. The van der Waals surface area contributed by atoms with Crippen LogP contribution in [0.3, 0.4) is 0 Å². The second kappa shape index (κ2) is 6.94. The Morgan fingerprint density at radius 1 is 1.29 bits per heavy atom. The van der Waals surface area contributed by atoms with E-state index in [0.717, 1.165) is 31.4 Å². The molecule has 0 heterocycles. The Labute approximate surface area is 127 Å². The highest BCUT2D eigenvalue weighted by Gasteiger charge is 2.37. The lowest BCUT2D eigenvalue weighted by Gasteiger charge is -2.32. The van der Waals surface area contributed by atoms with Crippen LogP contribution in [0, 0.1) is 5.92 Å². The number of ether oxygens (including phenoxy) is 1. The van der Waals surface area contributed by atoms with Gasteiger partial charge in [-0.1, -0.05) is 31.9 Å². The summed E-state index contributed by atoms with van der Waals surface area (Å²) in [6.07, 6.45) is 4.34. The fraction of sp³-hybridized carbons (Fsp3) is 0.588. The maximum Gasteiger partial charge on any atom is 0.224 e. The molecule has 0 aromatic heterocycles. The average molecular weight is 290 g/mol. The van der Waals surface area contributed by atoms with Crippen LogP contribution in [-0.2, 0) is 10.3 Å². The van der Waals surface area contributed by atoms with E-state index in [1.165, 1.54) is 5.56 Å². The molecule has 1 aliphatic carbocycles. The fourth-order valence-corrected chi connectivity index (χ4v) is 3.13. The molecule has 1 fully saturated rings. The molecule has 21 heavy (non-hydrogen) atoms. The van der Waals surface area contributed by atoms with Crippen LogP contribution in [0.4, 0.5) is 0 Å². The Kier molecular flexibility index (Phi) is 5.23. The fourth-order valence-electron chi connectivity index (χ4n) is 3.13. The number of methoxy groups -OCH3 is 1. The summed E-state index contributed by atoms with van der Waals surface area (Å²) in [6.45, 7) is 2.66. The van der Waals surface area contributed by atoms with E-state index in [1.807, 2.05) is 26.1 Å². The van der Waals surface area contributed by atoms with Gasteiger partial charge in [0, 0.05) is 12.5 Å². The molecule has 4 heteroatoms.